The molecule has 1 rings (SSSR count). The first-order valence-corrected chi connectivity index (χ1v) is 6.86. The van der Waals surface area contributed by atoms with Crippen LogP contribution in [0.2, 0.25) is 0 Å². The maximum absolute atomic E-state index is 12.9. The molecule has 0 aromatic heterocycles. The highest BCUT2D eigenvalue weighted by atomic mass is 19.1. The van der Waals surface area contributed by atoms with Gasteiger partial charge in [-0.2, -0.15) is 0 Å². The molecule has 0 bridgehead atoms. The third kappa shape index (κ3) is 5.09. The Labute approximate surface area is 128 Å². The minimum Gasteiger partial charge on any atom is -0.479 e. The molecule has 0 heterocycles. The van der Waals surface area contributed by atoms with Crippen molar-refractivity contribution in [1.29, 1.82) is 0 Å². The van der Waals surface area contributed by atoms with Gasteiger partial charge in [0.1, 0.15) is 12.4 Å². The van der Waals surface area contributed by atoms with Gasteiger partial charge in [-0.15, -0.1) is 0 Å². The number of amides is 1. The molecular weight excluding hydrogens is 293 g/mol. The van der Waals surface area contributed by atoms with E-state index in [2.05, 4.69) is 5.32 Å². The summed E-state index contributed by atoms with van der Waals surface area (Å²) >= 11 is 0. The van der Waals surface area contributed by atoms with Crippen LogP contribution < -0.4 is 5.32 Å². The monoisotopic (exact) mass is 313 g/mol. The number of carboxylic acids is 1. The van der Waals surface area contributed by atoms with Gasteiger partial charge in [-0.3, -0.25) is 4.79 Å². The molecule has 1 amide bonds. The van der Waals surface area contributed by atoms with E-state index in [0.29, 0.717) is 13.2 Å². The molecule has 0 fully saturated rings. The van der Waals surface area contributed by atoms with E-state index >= 15 is 0 Å². The average molecular weight is 313 g/mol. The first kappa shape index (κ1) is 18.1. The summed E-state index contributed by atoms with van der Waals surface area (Å²) in [5.41, 5.74) is -1.39. The zero-order chi connectivity index (χ0) is 16.6. The van der Waals surface area contributed by atoms with Gasteiger partial charge in [-0.1, -0.05) is 12.1 Å². The van der Waals surface area contributed by atoms with Crippen LogP contribution in [0.1, 0.15) is 19.4 Å². The molecule has 0 aliphatic rings. The highest BCUT2D eigenvalue weighted by Gasteiger charge is 2.36. The van der Waals surface area contributed by atoms with Gasteiger partial charge in [0.15, 0.2) is 5.54 Å². The average Bonchev–Trinajstić information content (AvgIpc) is 2.47. The molecule has 1 aromatic rings. The smallest absolute Gasteiger partial charge is 0.333 e. The van der Waals surface area contributed by atoms with Gasteiger partial charge in [-0.05, 0) is 31.5 Å². The number of benzene rings is 1. The lowest BCUT2D eigenvalue weighted by molar-refractivity contribution is -0.148. The lowest BCUT2D eigenvalue weighted by Crippen LogP contribution is -2.50. The fourth-order valence-electron chi connectivity index (χ4n) is 1.77. The van der Waals surface area contributed by atoms with Crippen molar-refractivity contribution >= 4 is 11.9 Å². The Hall–Kier alpha value is -1.99. The predicted molar refractivity (Wildman–Crippen MR) is 76.8 cm³/mol. The van der Waals surface area contributed by atoms with Gasteiger partial charge < -0.3 is 19.9 Å². The Morgan fingerprint density at radius 2 is 1.82 bits per heavy atom. The molecule has 1 atom stereocenters. The largest absolute Gasteiger partial charge is 0.479 e. The van der Waals surface area contributed by atoms with Gasteiger partial charge in [0.2, 0.25) is 5.91 Å². The molecule has 0 saturated heterocycles. The maximum atomic E-state index is 12.9. The molecule has 0 saturated carbocycles. The molecule has 0 spiro atoms. The number of ether oxygens (including phenoxy) is 2. The lowest BCUT2D eigenvalue weighted by atomic mass is 9.92. The number of rotatable bonds is 9. The standard InChI is InChI=1S/C15H20FNO5/c1-3-21-8-9-22-10-13(18)17-15(2,14(19)20)11-4-6-12(16)7-5-11/h4-7H,3,8-10H2,1-2H3,(H,17,18)(H,19,20). The van der Waals surface area contributed by atoms with E-state index in [9.17, 15) is 19.1 Å². The lowest BCUT2D eigenvalue weighted by Gasteiger charge is -2.26. The van der Waals surface area contributed by atoms with Gasteiger partial charge >= 0.3 is 5.97 Å². The number of nitrogens with one attached hydrogen (secondary N) is 1. The SMILES string of the molecule is CCOCCOCC(=O)NC(C)(C(=O)O)c1ccc(F)cc1. The number of hydrogen-bond donors (Lipinski definition) is 2. The van der Waals surface area contributed by atoms with Gasteiger partial charge in [0.05, 0.1) is 13.2 Å². The van der Waals surface area contributed by atoms with Crippen LogP contribution in [0.4, 0.5) is 4.39 Å². The van der Waals surface area contributed by atoms with Crippen LogP contribution >= 0.6 is 0 Å². The minimum absolute atomic E-state index is 0.238. The van der Waals surface area contributed by atoms with Crippen LogP contribution in [-0.2, 0) is 24.6 Å². The molecule has 7 heteroatoms. The van der Waals surface area contributed by atoms with Crippen molar-refractivity contribution in [3.8, 4) is 0 Å². The van der Waals surface area contributed by atoms with Crippen LogP contribution in [-0.4, -0.2) is 43.4 Å². The zero-order valence-electron chi connectivity index (χ0n) is 12.6. The fourth-order valence-corrected chi connectivity index (χ4v) is 1.77. The normalized spacial score (nSPS) is 13.4. The summed E-state index contributed by atoms with van der Waals surface area (Å²) in [6, 6.07) is 4.92. The molecule has 1 unspecified atom stereocenters. The summed E-state index contributed by atoms with van der Waals surface area (Å²) in [5, 5.41) is 11.8. The number of halogens is 1. The quantitative estimate of drug-likeness (QED) is 0.671. The molecular formula is C15H20FNO5. The molecule has 1 aromatic carbocycles. The third-order valence-electron chi connectivity index (χ3n) is 3.05. The van der Waals surface area contributed by atoms with Gasteiger partial charge in [0.25, 0.3) is 0 Å². The van der Waals surface area contributed by atoms with Crippen molar-refractivity contribution in [1.82, 2.24) is 5.32 Å². The molecule has 0 aliphatic heterocycles. The van der Waals surface area contributed by atoms with E-state index < -0.39 is 23.2 Å². The highest BCUT2D eigenvalue weighted by Crippen LogP contribution is 2.21. The molecule has 0 aliphatic carbocycles. The highest BCUT2D eigenvalue weighted by molar-refractivity contribution is 5.88. The maximum Gasteiger partial charge on any atom is 0.333 e. The third-order valence-corrected chi connectivity index (χ3v) is 3.05. The summed E-state index contributed by atoms with van der Waals surface area (Å²) in [7, 11) is 0. The number of aliphatic carboxylic acids is 1. The topological polar surface area (TPSA) is 84.9 Å². The molecule has 2 N–H and O–H groups in total. The van der Waals surface area contributed by atoms with Crippen molar-refractivity contribution < 1.29 is 28.6 Å². The van der Waals surface area contributed by atoms with Crippen LogP contribution in [0.15, 0.2) is 24.3 Å². The number of carbonyl (C=O) groups excluding carboxylic acids is 1. The Balaban J connectivity index is 2.65. The second-order valence-electron chi connectivity index (χ2n) is 4.73. The van der Waals surface area contributed by atoms with E-state index in [1.54, 1.807) is 0 Å². The Morgan fingerprint density at radius 1 is 1.23 bits per heavy atom. The van der Waals surface area contributed by atoms with Crippen molar-refractivity contribution in [2.75, 3.05) is 26.4 Å². The zero-order valence-corrected chi connectivity index (χ0v) is 12.6. The first-order valence-electron chi connectivity index (χ1n) is 6.86. The van der Waals surface area contributed by atoms with E-state index in [4.69, 9.17) is 9.47 Å². The number of carboxylic acid groups (broad SMARTS) is 1. The molecule has 0 radical (unpaired) electrons. The summed E-state index contributed by atoms with van der Waals surface area (Å²) < 4.78 is 23.1. The first-order chi connectivity index (χ1) is 10.4. The van der Waals surface area contributed by atoms with Crippen molar-refractivity contribution in [3.05, 3.63) is 35.6 Å². The second-order valence-corrected chi connectivity index (χ2v) is 4.73. The number of carbonyl (C=O) groups is 2. The summed E-state index contributed by atoms with van der Waals surface area (Å²) in [5.74, 6) is -2.31. The van der Waals surface area contributed by atoms with Crippen LogP contribution in [0.25, 0.3) is 0 Å². The Kier molecular flexibility index (Phi) is 6.94. The molecule has 22 heavy (non-hydrogen) atoms. The van der Waals surface area contributed by atoms with Crippen LogP contribution in [0.5, 0.6) is 0 Å². The predicted octanol–water partition coefficient (Wildman–Crippen LogP) is 1.29. The summed E-state index contributed by atoms with van der Waals surface area (Å²) in [6.45, 7) is 4.04. The summed E-state index contributed by atoms with van der Waals surface area (Å²) in [6.07, 6.45) is 0. The van der Waals surface area contributed by atoms with Crippen molar-refractivity contribution in [2.45, 2.75) is 19.4 Å². The van der Waals surface area contributed by atoms with Crippen LogP contribution in [0.3, 0.4) is 0 Å². The van der Waals surface area contributed by atoms with Crippen LogP contribution in [0, 0.1) is 5.82 Å². The minimum atomic E-state index is -1.66. The van der Waals surface area contributed by atoms with Gasteiger partial charge in [-0.25, -0.2) is 9.18 Å². The van der Waals surface area contributed by atoms with Crippen molar-refractivity contribution in [2.24, 2.45) is 0 Å². The number of hydrogen-bond acceptors (Lipinski definition) is 4. The van der Waals surface area contributed by atoms with E-state index in [0.717, 1.165) is 12.1 Å². The second kappa shape index (κ2) is 8.45. The summed E-state index contributed by atoms with van der Waals surface area (Å²) in [4.78, 5) is 23.3. The van der Waals surface area contributed by atoms with E-state index in [-0.39, 0.29) is 18.8 Å². The fraction of sp³-hybridized carbons (Fsp3) is 0.467. The Morgan fingerprint density at radius 3 is 2.36 bits per heavy atom. The molecule has 122 valence electrons. The van der Waals surface area contributed by atoms with Crippen molar-refractivity contribution in [3.63, 3.8) is 0 Å². The van der Waals surface area contributed by atoms with Gasteiger partial charge in [0, 0.05) is 6.61 Å². The Bertz CT molecular complexity index is 505. The molecule has 6 nitrogen and oxygen atoms in total. The van der Waals surface area contributed by atoms with E-state index in [1.165, 1.54) is 19.1 Å². The van der Waals surface area contributed by atoms with E-state index in [1.807, 2.05) is 6.92 Å².